The fraction of sp³-hybridized carbons (Fsp3) is 0.312. The number of benzene rings is 1. The van der Waals surface area contributed by atoms with Crippen molar-refractivity contribution in [1.82, 2.24) is 15.5 Å². The summed E-state index contributed by atoms with van der Waals surface area (Å²) in [5.74, 6) is 1.92. The first-order valence-corrected chi connectivity index (χ1v) is 10.1. The maximum absolute atomic E-state index is 11.8. The molecule has 0 saturated heterocycles. The monoisotopic (exact) mass is 381 g/mol. The molecule has 0 unspecified atom stereocenters. The lowest BCUT2D eigenvalue weighted by molar-refractivity contribution is -0.118. The second-order valence-corrected chi connectivity index (χ2v) is 8.30. The molecule has 0 atom stereocenters. The molecule has 1 N–H and O–H groups in total. The summed E-state index contributed by atoms with van der Waals surface area (Å²) in [4.78, 5) is 11.8. The van der Waals surface area contributed by atoms with E-state index in [1.54, 1.807) is 11.8 Å². The lowest BCUT2D eigenvalue weighted by Gasteiger charge is -2.07. The van der Waals surface area contributed by atoms with Crippen LogP contribution in [0.4, 0.5) is 0 Å². The average molecular weight is 382 g/mol. The zero-order valence-electron chi connectivity index (χ0n) is 13.4. The zero-order valence-corrected chi connectivity index (χ0v) is 15.8. The Balaban J connectivity index is 1.60. The number of thioether (sulfide) groups is 2. The largest absolute Gasteiger partial charge is 0.492 e. The van der Waals surface area contributed by atoms with Crippen molar-refractivity contribution in [2.75, 3.05) is 24.7 Å². The van der Waals surface area contributed by atoms with Gasteiger partial charge in [-0.15, -0.1) is 10.2 Å². The van der Waals surface area contributed by atoms with E-state index in [1.807, 2.05) is 37.3 Å². The standard InChI is InChI=1S/C16H19N3O2S3/c1-12(2)10-22-15-18-19-16(24-15)23-11-14(20)17-8-9-21-13-6-4-3-5-7-13/h3-7H,1,8-11H2,2H3,(H,17,20). The predicted molar refractivity (Wildman–Crippen MR) is 101 cm³/mol. The van der Waals surface area contributed by atoms with Crippen LogP contribution in [0.5, 0.6) is 5.75 Å². The van der Waals surface area contributed by atoms with Gasteiger partial charge in [-0.25, -0.2) is 0 Å². The van der Waals surface area contributed by atoms with Gasteiger partial charge in [0.2, 0.25) is 5.91 Å². The van der Waals surface area contributed by atoms with E-state index in [9.17, 15) is 4.79 Å². The number of nitrogens with zero attached hydrogens (tertiary/aromatic N) is 2. The molecule has 2 aromatic rings. The van der Waals surface area contributed by atoms with Crippen molar-refractivity contribution < 1.29 is 9.53 Å². The molecular weight excluding hydrogens is 362 g/mol. The van der Waals surface area contributed by atoms with Crippen LogP contribution in [-0.2, 0) is 4.79 Å². The molecule has 0 bridgehead atoms. The molecular formula is C16H19N3O2S3. The second kappa shape index (κ2) is 10.4. The minimum Gasteiger partial charge on any atom is -0.492 e. The number of amides is 1. The van der Waals surface area contributed by atoms with Crippen molar-refractivity contribution in [3.05, 3.63) is 42.5 Å². The molecule has 1 heterocycles. The van der Waals surface area contributed by atoms with Crippen molar-refractivity contribution in [3.63, 3.8) is 0 Å². The van der Waals surface area contributed by atoms with Gasteiger partial charge >= 0.3 is 0 Å². The molecule has 1 aromatic heterocycles. The SMILES string of the molecule is C=C(C)CSc1nnc(SCC(=O)NCCOc2ccccc2)s1. The number of carbonyl (C=O) groups excluding carboxylic acids is 1. The fourth-order valence-corrected chi connectivity index (χ4v) is 4.25. The number of para-hydroxylation sites is 1. The minimum atomic E-state index is -0.0389. The van der Waals surface area contributed by atoms with Crippen LogP contribution in [0.15, 0.2) is 51.2 Å². The molecule has 0 radical (unpaired) electrons. The van der Waals surface area contributed by atoms with E-state index < -0.39 is 0 Å². The Morgan fingerprint density at radius 2 is 1.88 bits per heavy atom. The van der Waals surface area contributed by atoms with Crippen LogP contribution in [0.25, 0.3) is 0 Å². The van der Waals surface area contributed by atoms with Gasteiger partial charge in [0.1, 0.15) is 12.4 Å². The summed E-state index contributed by atoms with van der Waals surface area (Å²) in [6, 6.07) is 9.53. The van der Waals surface area contributed by atoms with Crippen LogP contribution in [0.1, 0.15) is 6.92 Å². The topological polar surface area (TPSA) is 64.1 Å². The van der Waals surface area contributed by atoms with Gasteiger partial charge in [-0.05, 0) is 19.1 Å². The summed E-state index contributed by atoms with van der Waals surface area (Å²) in [7, 11) is 0. The van der Waals surface area contributed by atoms with E-state index in [2.05, 4.69) is 22.1 Å². The molecule has 0 aliphatic carbocycles. The normalized spacial score (nSPS) is 10.4. The van der Waals surface area contributed by atoms with Gasteiger partial charge in [-0.2, -0.15) is 0 Å². The van der Waals surface area contributed by atoms with E-state index in [1.165, 1.54) is 23.1 Å². The highest BCUT2D eigenvalue weighted by Crippen LogP contribution is 2.29. The molecule has 0 fully saturated rings. The van der Waals surface area contributed by atoms with Crippen molar-refractivity contribution in [2.24, 2.45) is 0 Å². The smallest absolute Gasteiger partial charge is 0.230 e. The fourth-order valence-electron chi connectivity index (χ4n) is 1.55. The van der Waals surface area contributed by atoms with Crippen molar-refractivity contribution >= 4 is 40.8 Å². The summed E-state index contributed by atoms with van der Waals surface area (Å²) in [6.45, 7) is 6.76. The molecule has 1 amide bonds. The third-order valence-electron chi connectivity index (χ3n) is 2.59. The van der Waals surface area contributed by atoms with Crippen LogP contribution in [0, 0.1) is 0 Å². The number of carbonyl (C=O) groups is 1. The minimum absolute atomic E-state index is 0.0389. The third kappa shape index (κ3) is 7.37. The van der Waals surface area contributed by atoms with Gasteiger partial charge < -0.3 is 10.1 Å². The first-order valence-electron chi connectivity index (χ1n) is 7.31. The lowest BCUT2D eigenvalue weighted by atomic mass is 10.3. The first-order chi connectivity index (χ1) is 11.6. The van der Waals surface area contributed by atoms with E-state index in [0.29, 0.717) is 18.9 Å². The van der Waals surface area contributed by atoms with Crippen molar-refractivity contribution in [3.8, 4) is 5.75 Å². The van der Waals surface area contributed by atoms with E-state index >= 15 is 0 Å². The van der Waals surface area contributed by atoms with E-state index in [4.69, 9.17) is 4.74 Å². The maximum atomic E-state index is 11.8. The van der Waals surface area contributed by atoms with E-state index in [-0.39, 0.29) is 5.91 Å². The highest BCUT2D eigenvalue weighted by molar-refractivity contribution is 8.03. The van der Waals surface area contributed by atoms with Gasteiger partial charge in [0.25, 0.3) is 0 Å². The number of aromatic nitrogens is 2. The Morgan fingerprint density at radius 1 is 1.21 bits per heavy atom. The van der Waals surface area contributed by atoms with Crippen LogP contribution < -0.4 is 10.1 Å². The number of hydrogen-bond acceptors (Lipinski definition) is 7. The third-order valence-corrected chi connectivity index (χ3v) is 6.01. The molecule has 24 heavy (non-hydrogen) atoms. The number of hydrogen-bond donors (Lipinski definition) is 1. The Kier molecular flexibility index (Phi) is 8.14. The number of rotatable bonds is 10. The molecule has 0 spiro atoms. The van der Waals surface area contributed by atoms with Crippen LogP contribution in [0.2, 0.25) is 0 Å². The Hall–Kier alpha value is -1.51. The molecule has 8 heteroatoms. The summed E-state index contributed by atoms with van der Waals surface area (Å²) >= 11 is 4.51. The predicted octanol–water partition coefficient (Wildman–Crippen LogP) is 3.49. The summed E-state index contributed by atoms with van der Waals surface area (Å²) in [5.41, 5.74) is 1.10. The highest BCUT2D eigenvalue weighted by Gasteiger charge is 2.08. The maximum Gasteiger partial charge on any atom is 0.230 e. The number of ether oxygens (including phenoxy) is 1. The van der Waals surface area contributed by atoms with Gasteiger partial charge in [0.15, 0.2) is 8.68 Å². The molecule has 0 aliphatic heterocycles. The van der Waals surface area contributed by atoms with E-state index in [0.717, 1.165) is 25.8 Å². The second-order valence-electron chi connectivity index (χ2n) is 4.88. The van der Waals surface area contributed by atoms with Crippen LogP contribution in [0.3, 0.4) is 0 Å². The van der Waals surface area contributed by atoms with Gasteiger partial charge in [0.05, 0.1) is 12.3 Å². The van der Waals surface area contributed by atoms with Crippen LogP contribution in [-0.4, -0.2) is 40.8 Å². The van der Waals surface area contributed by atoms with Gasteiger partial charge in [-0.3, -0.25) is 4.79 Å². The Morgan fingerprint density at radius 3 is 2.54 bits per heavy atom. The molecule has 2 rings (SSSR count). The van der Waals surface area contributed by atoms with Crippen LogP contribution >= 0.6 is 34.9 Å². The Labute approximate surface area is 154 Å². The first kappa shape index (κ1) is 18.8. The van der Waals surface area contributed by atoms with Crippen molar-refractivity contribution in [2.45, 2.75) is 15.6 Å². The Bertz CT molecular complexity index is 662. The molecule has 0 saturated carbocycles. The van der Waals surface area contributed by atoms with Gasteiger partial charge in [-0.1, -0.05) is 65.2 Å². The molecule has 1 aromatic carbocycles. The zero-order chi connectivity index (χ0) is 17.2. The summed E-state index contributed by atoms with van der Waals surface area (Å²) in [6.07, 6.45) is 0. The highest BCUT2D eigenvalue weighted by atomic mass is 32.2. The number of nitrogens with one attached hydrogen (secondary N) is 1. The van der Waals surface area contributed by atoms with Crippen molar-refractivity contribution in [1.29, 1.82) is 0 Å². The molecule has 5 nitrogen and oxygen atoms in total. The molecule has 128 valence electrons. The summed E-state index contributed by atoms with van der Waals surface area (Å²) in [5, 5.41) is 11.0. The quantitative estimate of drug-likeness (QED) is 0.386. The lowest BCUT2D eigenvalue weighted by Crippen LogP contribution is -2.29. The van der Waals surface area contributed by atoms with Gasteiger partial charge in [0, 0.05) is 5.75 Å². The average Bonchev–Trinajstić information content (AvgIpc) is 3.04. The molecule has 0 aliphatic rings. The summed E-state index contributed by atoms with van der Waals surface area (Å²) < 4.78 is 7.22.